The minimum atomic E-state index is 0.753. The zero-order chi connectivity index (χ0) is 13.1. The highest BCUT2D eigenvalue weighted by atomic mass is 32.1. The molecule has 3 aromatic rings. The average Bonchev–Trinajstić information content (AvgIpc) is 2.88. The lowest BCUT2D eigenvalue weighted by Crippen LogP contribution is -1.89. The molecule has 0 bridgehead atoms. The smallest absolute Gasteiger partial charge is 0.187 e. The summed E-state index contributed by atoms with van der Waals surface area (Å²) in [5.74, 6) is 0. The van der Waals surface area contributed by atoms with Gasteiger partial charge in [-0.25, -0.2) is 4.98 Å². The van der Waals surface area contributed by atoms with E-state index in [1.807, 2.05) is 60.0 Å². The van der Waals surface area contributed by atoms with Gasteiger partial charge in [0.25, 0.3) is 0 Å². The normalized spacial score (nSPS) is 10.3. The van der Waals surface area contributed by atoms with Crippen LogP contribution < -0.4 is 11.1 Å². The van der Waals surface area contributed by atoms with Gasteiger partial charge in [0, 0.05) is 22.3 Å². The lowest BCUT2D eigenvalue weighted by atomic mass is 10.1. The molecule has 19 heavy (non-hydrogen) atoms. The number of nitrogen functional groups attached to an aromatic ring is 1. The number of nitrogens with two attached hydrogens (primary N) is 1. The van der Waals surface area contributed by atoms with Crippen molar-refractivity contribution in [2.24, 2.45) is 0 Å². The van der Waals surface area contributed by atoms with Crippen LogP contribution in [0.5, 0.6) is 0 Å². The molecular weight excluding hydrogens is 254 g/mol. The molecule has 0 aliphatic heterocycles. The molecular formula is C15H13N3S. The van der Waals surface area contributed by atoms with E-state index in [-0.39, 0.29) is 0 Å². The maximum atomic E-state index is 5.79. The molecule has 0 atom stereocenters. The lowest BCUT2D eigenvalue weighted by molar-refractivity contribution is 1.38. The predicted molar refractivity (Wildman–Crippen MR) is 81.7 cm³/mol. The first-order chi connectivity index (χ1) is 9.31. The van der Waals surface area contributed by atoms with Gasteiger partial charge in [-0.2, -0.15) is 0 Å². The first-order valence-electron chi connectivity index (χ1n) is 5.95. The van der Waals surface area contributed by atoms with Crippen LogP contribution in [0.25, 0.3) is 11.3 Å². The minimum absolute atomic E-state index is 0.753. The Morgan fingerprint density at radius 3 is 2.63 bits per heavy atom. The zero-order valence-electron chi connectivity index (χ0n) is 10.2. The van der Waals surface area contributed by atoms with Gasteiger partial charge in [-0.05, 0) is 24.3 Å². The summed E-state index contributed by atoms with van der Waals surface area (Å²) in [5, 5.41) is 6.19. The SMILES string of the molecule is Nc1cccc(-c2csc(Nc3ccccc3)n2)c1. The molecule has 0 amide bonds. The second kappa shape index (κ2) is 5.12. The molecule has 0 spiro atoms. The Kier molecular flexibility index (Phi) is 3.16. The van der Waals surface area contributed by atoms with Crippen molar-refractivity contribution in [1.82, 2.24) is 4.98 Å². The van der Waals surface area contributed by atoms with E-state index in [0.717, 1.165) is 27.8 Å². The molecule has 0 saturated heterocycles. The van der Waals surface area contributed by atoms with E-state index in [9.17, 15) is 0 Å². The van der Waals surface area contributed by atoms with Crippen LogP contribution in [0.4, 0.5) is 16.5 Å². The van der Waals surface area contributed by atoms with Crippen LogP contribution in [-0.2, 0) is 0 Å². The Balaban J connectivity index is 1.84. The largest absolute Gasteiger partial charge is 0.399 e. The zero-order valence-corrected chi connectivity index (χ0v) is 11.0. The molecule has 1 heterocycles. The third-order valence-corrected chi connectivity index (χ3v) is 3.47. The van der Waals surface area contributed by atoms with Crippen molar-refractivity contribution in [2.75, 3.05) is 11.1 Å². The van der Waals surface area contributed by atoms with Crippen molar-refractivity contribution < 1.29 is 0 Å². The Morgan fingerprint density at radius 1 is 1.00 bits per heavy atom. The highest BCUT2D eigenvalue weighted by Gasteiger charge is 2.04. The molecule has 3 N–H and O–H groups in total. The fourth-order valence-corrected chi connectivity index (χ4v) is 2.55. The van der Waals surface area contributed by atoms with Gasteiger partial charge >= 0.3 is 0 Å². The molecule has 1 aromatic heterocycles. The summed E-state index contributed by atoms with van der Waals surface area (Å²) in [6, 6.07) is 17.8. The van der Waals surface area contributed by atoms with Gasteiger partial charge in [0.2, 0.25) is 0 Å². The summed E-state index contributed by atoms with van der Waals surface area (Å²) in [6.07, 6.45) is 0. The highest BCUT2D eigenvalue weighted by Crippen LogP contribution is 2.27. The maximum absolute atomic E-state index is 5.79. The summed E-state index contributed by atoms with van der Waals surface area (Å²) in [6.45, 7) is 0. The standard InChI is InChI=1S/C15H13N3S/c16-12-6-4-5-11(9-12)14-10-19-15(18-14)17-13-7-2-1-3-8-13/h1-10H,16H2,(H,17,18). The number of thiazole rings is 1. The highest BCUT2D eigenvalue weighted by molar-refractivity contribution is 7.14. The summed E-state index contributed by atoms with van der Waals surface area (Å²) >= 11 is 1.58. The van der Waals surface area contributed by atoms with Crippen molar-refractivity contribution in [3.63, 3.8) is 0 Å². The molecule has 2 aromatic carbocycles. The first-order valence-corrected chi connectivity index (χ1v) is 6.83. The second-order valence-corrected chi connectivity index (χ2v) is 5.01. The number of benzene rings is 2. The number of hydrogen-bond donors (Lipinski definition) is 2. The molecule has 0 aliphatic carbocycles. The van der Waals surface area contributed by atoms with Crippen LogP contribution in [0.2, 0.25) is 0 Å². The van der Waals surface area contributed by atoms with Crippen LogP contribution in [0.15, 0.2) is 60.0 Å². The second-order valence-electron chi connectivity index (χ2n) is 4.15. The Hall–Kier alpha value is -2.33. The monoisotopic (exact) mass is 267 g/mol. The summed E-state index contributed by atoms with van der Waals surface area (Å²) in [4.78, 5) is 4.57. The van der Waals surface area contributed by atoms with Crippen LogP contribution in [0.3, 0.4) is 0 Å². The Labute approximate surface area is 115 Å². The van der Waals surface area contributed by atoms with Crippen LogP contribution in [0, 0.1) is 0 Å². The van der Waals surface area contributed by atoms with E-state index < -0.39 is 0 Å². The third kappa shape index (κ3) is 2.74. The topological polar surface area (TPSA) is 50.9 Å². The summed E-state index contributed by atoms with van der Waals surface area (Å²) in [7, 11) is 0. The quantitative estimate of drug-likeness (QED) is 0.701. The molecule has 3 rings (SSSR count). The van der Waals surface area contributed by atoms with Crippen molar-refractivity contribution in [3.8, 4) is 11.3 Å². The molecule has 4 heteroatoms. The van der Waals surface area contributed by atoms with Gasteiger partial charge in [0.1, 0.15) is 0 Å². The predicted octanol–water partition coefficient (Wildman–Crippen LogP) is 4.14. The number of nitrogens with zero attached hydrogens (tertiary/aromatic N) is 1. The molecule has 0 saturated carbocycles. The number of hydrogen-bond acceptors (Lipinski definition) is 4. The number of para-hydroxylation sites is 1. The van der Waals surface area contributed by atoms with Crippen molar-refractivity contribution >= 4 is 27.8 Å². The Morgan fingerprint density at radius 2 is 1.84 bits per heavy atom. The van der Waals surface area contributed by atoms with Crippen molar-refractivity contribution in [1.29, 1.82) is 0 Å². The maximum Gasteiger partial charge on any atom is 0.187 e. The van der Waals surface area contributed by atoms with E-state index in [0.29, 0.717) is 0 Å². The molecule has 94 valence electrons. The van der Waals surface area contributed by atoms with Crippen LogP contribution >= 0.6 is 11.3 Å². The van der Waals surface area contributed by atoms with E-state index in [2.05, 4.69) is 10.3 Å². The lowest BCUT2D eigenvalue weighted by Gasteiger charge is -2.01. The third-order valence-electron chi connectivity index (χ3n) is 2.71. The van der Waals surface area contributed by atoms with Gasteiger partial charge in [0.15, 0.2) is 5.13 Å². The Bertz CT molecular complexity index is 677. The van der Waals surface area contributed by atoms with E-state index in [1.165, 1.54) is 0 Å². The minimum Gasteiger partial charge on any atom is -0.399 e. The fraction of sp³-hybridized carbons (Fsp3) is 0. The number of rotatable bonds is 3. The van der Waals surface area contributed by atoms with Gasteiger partial charge in [-0.15, -0.1) is 11.3 Å². The number of anilines is 3. The van der Waals surface area contributed by atoms with Crippen LogP contribution in [0.1, 0.15) is 0 Å². The number of aromatic nitrogens is 1. The average molecular weight is 267 g/mol. The van der Waals surface area contributed by atoms with Gasteiger partial charge in [-0.3, -0.25) is 0 Å². The van der Waals surface area contributed by atoms with E-state index >= 15 is 0 Å². The van der Waals surface area contributed by atoms with Crippen molar-refractivity contribution in [3.05, 3.63) is 60.0 Å². The number of nitrogens with one attached hydrogen (secondary N) is 1. The molecule has 0 aliphatic rings. The summed E-state index contributed by atoms with van der Waals surface area (Å²) in [5.41, 5.74) is 9.56. The van der Waals surface area contributed by atoms with Gasteiger partial charge < -0.3 is 11.1 Å². The van der Waals surface area contributed by atoms with E-state index in [4.69, 9.17) is 5.73 Å². The van der Waals surface area contributed by atoms with E-state index in [1.54, 1.807) is 11.3 Å². The molecule has 3 nitrogen and oxygen atoms in total. The molecule has 0 fully saturated rings. The van der Waals surface area contributed by atoms with Crippen molar-refractivity contribution in [2.45, 2.75) is 0 Å². The van der Waals surface area contributed by atoms with Crippen LogP contribution in [-0.4, -0.2) is 4.98 Å². The van der Waals surface area contributed by atoms with Gasteiger partial charge in [-0.1, -0.05) is 30.3 Å². The van der Waals surface area contributed by atoms with Gasteiger partial charge in [0.05, 0.1) is 5.69 Å². The molecule has 0 unspecified atom stereocenters. The summed E-state index contributed by atoms with van der Waals surface area (Å²) < 4.78 is 0. The molecule has 0 radical (unpaired) electrons. The fourth-order valence-electron chi connectivity index (χ4n) is 1.81. The first kappa shape index (κ1) is 11.7.